The summed E-state index contributed by atoms with van der Waals surface area (Å²) < 4.78 is 11.5. The second-order valence-electron chi connectivity index (χ2n) is 6.12. The maximum atomic E-state index is 11.2. The Kier molecular flexibility index (Phi) is 6.86. The van der Waals surface area contributed by atoms with E-state index in [1.54, 1.807) is 7.05 Å². The number of rotatable bonds is 8. The van der Waals surface area contributed by atoms with Crippen LogP contribution in [0.15, 0.2) is 24.3 Å². The normalized spacial score (nSPS) is 20.7. The number of nitrogens with zero attached hydrogens (tertiary/aromatic N) is 1. The lowest BCUT2D eigenvalue weighted by molar-refractivity contribution is -0.122. The summed E-state index contributed by atoms with van der Waals surface area (Å²) in [6, 6.07) is 7.92. The molecule has 1 aromatic rings. The number of hydrogen-bond acceptors (Lipinski definition) is 4. The quantitative estimate of drug-likeness (QED) is 0.794. The van der Waals surface area contributed by atoms with Gasteiger partial charge in [-0.15, -0.1) is 0 Å². The summed E-state index contributed by atoms with van der Waals surface area (Å²) >= 11 is 0. The highest BCUT2D eigenvalue weighted by atomic mass is 16.5. The van der Waals surface area contributed by atoms with Gasteiger partial charge in [0, 0.05) is 13.6 Å². The standard InChI is InChI=1S/C18H28N2O3/c1-4-20(3)12-17-10-9-16(23-17)11-14-5-7-15(8-6-14)22-13-18(21)19-2/h5-8,16-17H,4,9-13H2,1-3H3,(H,19,21)/t16-,17+/m1/s1. The van der Waals surface area contributed by atoms with Gasteiger partial charge in [-0.3, -0.25) is 4.79 Å². The number of amides is 1. The molecule has 1 amide bonds. The Labute approximate surface area is 139 Å². The van der Waals surface area contributed by atoms with Gasteiger partial charge in [0.2, 0.25) is 0 Å². The van der Waals surface area contributed by atoms with Gasteiger partial charge in [-0.2, -0.15) is 0 Å². The molecule has 1 aromatic carbocycles. The first-order valence-corrected chi connectivity index (χ1v) is 8.37. The van der Waals surface area contributed by atoms with Crippen LogP contribution in [-0.4, -0.2) is 56.8 Å². The van der Waals surface area contributed by atoms with Crippen LogP contribution < -0.4 is 10.1 Å². The number of ether oxygens (including phenoxy) is 2. The molecule has 5 nitrogen and oxygen atoms in total. The molecule has 0 aromatic heterocycles. The molecule has 0 radical (unpaired) electrons. The predicted molar refractivity (Wildman–Crippen MR) is 90.8 cm³/mol. The fraction of sp³-hybridized carbons (Fsp3) is 0.611. The number of nitrogens with one attached hydrogen (secondary N) is 1. The molecule has 1 N–H and O–H groups in total. The van der Waals surface area contributed by atoms with E-state index in [0.29, 0.717) is 18.0 Å². The summed E-state index contributed by atoms with van der Waals surface area (Å²) in [6.45, 7) is 4.29. The smallest absolute Gasteiger partial charge is 0.257 e. The fourth-order valence-corrected chi connectivity index (χ4v) is 2.75. The van der Waals surface area contributed by atoms with Crippen LogP contribution in [-0.2, 0) is 16.0 Å². The molecular weight excluding hydrogens is 292 g/mol. The Morgan fingerprint density at radius 2 is 2.00 bits per heavy atom. The van der Waals surface area contributed by atoms with Crippen LogP contribution >= 0.6 is 0 Å². The number of benzene rings is 1. The average molecular weight is 320 g/mol. The monoisotopic (exact) mass is 320 g/mol. The lowest BCUT2D eigenvalue weighted by Crippen LogP contribution is -2.29. The minimum Gasteiger partial charge on any atom is -0.484 e. The molecule has 1 fully saturated rings. The van der Waals surface area contributed by atoms with E-state index in [1.807, 2.05) is 24.3 Å². The fourth-order valence-electron chi connectivity index (χ4n) is 2.75. The van der Waals surface area contributed by atoms with E-state index in [4.69, 9.17) is 9.47 Å². The van der Waals surface area contributed by atoms with Crippen LogP contribution in [0, 0.1) is 0 Å². The Balaban J connectivity index is 1.77. The van der Waals surface area contributed by atoms with E-state index in [-0.39, 0.29) is 12.5 Å². The highest BCUT2D eigenvalue weighted by molar-refractivity contribution is 5.77. The molecule has 1 saturated heterocycles. The molecule has 5 heteroatoms. The lowest BCUT2D eigenvalue weighted by Gasteiger charge is -2.20. The largest absolute Gasteiger partial charge is 0.484 e. The minimum absolute atomic E-state index is 0.0498. The van der Waals surface area contributed by atoms with Crippen molar-refractivity contribution < 1.29 is 14.3 Å². The van der Waals surface area contributed by atoms with Gasteiger partial charge in [-0.1, -0.05) is 19.1 Å². The zero-order valence-corrected chi connectivity index (χ0v) is 14.4. The number of carbonyl (C=O) groups excluding carboxylic acids is 1. The number of likely N-dealkylation sites (N-methyl/N-ethyl adjacent to an activating group) is 2. The second kappa shape index (κ2) is 8.89. The molecule has 0 aliphatic carbocycles. The zero-order chi connectivity index (χ0) is 16.7. The molecule has 0 unspecified atom stereocenters. The Hall–Kier alpha value is -1.59. The van der Waals surface area contributed by atoms with Gasteiger partial charge in [-0.25, -0.2) is 0 Å². The highest BCUT2D eigenvalue weighted by Crippen LogP contribution is 2.24. The molecular formula is C18H28N2O3. The van der Waals surface area contributed by atoms with Gasteiger partial charge in [-0.05, 0) is 50.6 Å². The third-order valence-electron chi connectivity index (χ3n) is 4.29. The number of carbonyl (C=O) groups is 1. The first-order valence-electron chi connectivity index (χ1n) is 8.37. The number of hydrogen-bond donors (Lipinski definition) is 1. The van der Waals surface area contributed by atoms with Crippen molar-refractivity contribution in [2.24, 2.45) is 0 Å². The molecule has 0 saturated carbocycles. The first kappa shape index (κ1) is 17.8. The highest BCUT2D eigenvalue weighted by Gasteiger charge is 2.25. The van der Waals surface area contributed by atoms with Gasteiger partial charge < -0.3 is 19.7 Å². The zero-order valence-electron chi connectivity index (χ0n) is 14.4. The average Bonchev–Trinajstić information content (AvgIpc) is 3.00. The summed E-state index contributed by atoms with van der Waals surface area (Å²) in [5.41, 5.74) is 1.24. The van der Waals surface area contributed by atoms with Gasteiger partial charge in [0.25, 0.3) is 5.91 Å². The van der Waals surface area contributed by atoms with Gasteiger partial charge >= 0.3 is 0 Å². The van der Waals surface area contributed by atoms with Crippen molar-refractivity contribution in [2.75, 3.05) is 33.8 Å². The topological polar surface area (TPSA) is 50.8 Å². The summed E-state index contributed by atoms with van der Waals surface area (Å²) in [6.07, 6.45) is 3.87. The van der Waals surface area contributed by atoms with E-state index in [1.165, 1.54) is 5.56 Å². The molecule has 128 valence electrons. The SMILES string of the molecule is CCN(C)C[C@@H]1CC[C@H](Cc2ccc(OCC(=O)NC)cc2)O1. The lowest BCUT2D eigenvalue weighted by atomic mass is 10.1. The van der Waals surface area contributed by atoms with Crippen molar-refractivity contribution in [3.05, 3.63) is 29.8 Å². The molecule has 0 bridgehead atoms. The van der Waals surface area contributed by atoms with Crippen LogP contribution in [0.3, 0.4) is 0 Å². The molecule has 1 aliphatic heterocycles. The minimum atomic E-state index is -0.128. The van der Waals surface area contributed by atoms with Crippen molar-refractivity contribution in [2.45, 2.75) is 38.4 Å². The summed E-state index contributed by atoms with van der Waals surface area (Å²) in [7, 11) is 3.73. The van der Waals surface area contributed by atoms with Gasteiger partial charge in [0.05, 0.1) is 12.2 Å². The molecule has 23 heavy (non-hydrogen) atoms. The molecule has 0 spiro atoms. The maximum Gasteiger partial charge on any atom is 0.257 e. The third kappa shape index (κ3) is 5.84. The van der Waals surface area contributed by atoms with Crippen LogP contribution in [0.2, 0.25) is 0 Å². The van der Waals surface area contributed by atoms with Crippen molar-refractivity contribution >= 4 is 5.91 Å². The van der Waals surface area contributed by atoms with Crippen molar-refractivity contribution in [1.29, 1.82) is 0 Å². The van der Waals surface area contributed by atoms with Crippen LogP contribution in [0.1, 0.15) is 25.3 Å². The molecule has 2 rings (SSSR count). The van der Waals surface area contributed by atoms with E-state index < -0.39 is 0 Å². The van der Waals surface area contributed by atoms with Crippen LogP contribution in [0.4, 0.5) is 0 Å². The molecule has 1 aliphatic rings. The van der Waals surface area contributed by atoms with Gasteiger partial charge in [0.1, 0.15) is 5.75 Å². The Morgan fingerprint density at radius 3 is 2.65 bits per heavy atom. The second-order valence-corrected chi connectivity index (χ2v) is 6.12. The first-order chi connectivity index (χ1) is 11.1. The van der Waals surface area contributed by atoms with Gasteiger partial charge in [0.15, 0.2) is 6.61 Å². The maximum absolute atomic E-state index is 11.2. The van der Waals surface area contributed by atoms with E-state index >= 15 is 0 Å². The summed E-state index contributed by atoms with van der Waals surface area (Å²) in [5.74, 6) is 0.587. The Morgan fingerprint density at radius 1 is 1.30 bits per heavy atom. The predicted octanol–water partition coefficient (Wildman–Crippen LogP) is 1.85. The van der Waals surface area contributed by atoms with Crippen LogP contribution in [0.5, 0.6) is 5.75 Å². The van der Waals surface area contributed by atoms with Crippen molar-refractivity contribution in [3.8, 4) is 5.75 Å². The molecule has 2 atom stereocenters. The van der Waals surface area contributed by atoms with E-state index in [0.717, 1.165) is 32.4 Å². The van der Waals surface area contributed by atoms with E-state index in [2.05, 4.69) is 24.2 Å². The summed E-state index contributed by atoms with van der Waals surface area (Å²) in [5, 5.41) is 2.53. The van der Waals surface area contributed by atoms with Crippen molar-refractivity contribution in [1.82, 2.24) is 10.2 Å². The van der Waals surface area contributed by atoms with Crippen LogP contribution in [0.25, 0.3) is 0 Å². The van der Waals surface area contributed by atoms with E-state index in [9.17, 15) is 4.79 Å². The van der Waals surface area contributed by atoms with Crippen molar-refractivity contribution in [3.63, 3.8) is 0 Å². The Bertz CT molecular complexity index is 490. The third-order valence-corrected chi connectivity index (χ3v) is 4.29. The molecule has 1 heterocycles. The summed E-state index contributed by atoms with van der Waals surface area (Å²) in [4.78, 5) is 13.5.